The van der Waals surface area contributed by atoms with Crippen LogP contribution in [0.4, 0.5) is 0 Å². The summed E-state index contributed by atoms with van der Waals surface area (Å²) in [5, 5.41) is 13.9. The molecule has 4 aromatic heterocycles. The highest BCUT2D eigenvalue weighted by Gasteiger charge is 2.17. The summed E-state index contributed by atoms with van der Waals surface area (Å²) >= 11 is 0. The second-order valence-electron chi connectivity index (χ2n) is 7.63. The van der Waals surface area contributed by atoms with Crippen LogP contribution in [-0.4, -0.2) is 38.5 Å². The van der Waals surface area contributed by atoms with E-state index in [2.05, 4.69) is 20.3 Å². The van der Waals surface area contributed by atoms with E-state index >= 15 is 0 Å². The number of nitrogens with zero attached hydrogens (tertiary/aromatic N) is 8. The number of aromatic nitrogens is 8. The molecule has 0 aliphatic carbocycles. The zero-order chi connectivity index (χ0) is 22.5. The second-order valence-corrected chi connectivity index (χ2v) is 7.63. The van der Waals surface area contributed by atoms with Gasteiger partial charge in [0, 0.05) is 6.54 Å². The van der Waals surface area contributed by atoms with Crippen molar-refractivity contribution in [3.8, 4) is 5.69 Å². The molecule has 0 saturated carbocycles. The largest absolute Gasteiger partial charge is 0.291 e. The fourth-order valence-electron chi connectivity index (χ4n) is 4.17. The van der Waals surface area contributed by atoms with Crippen LogP contribution in [0, 0.1) is 0 Å². The molecular weight excluding hydrogens is 420 g/mol. The molecule has 0 spiro atoms. The molecular formula is C23H18N8O2. The van der Waals surface area contributed by atoms with E-state index in [1.165, 1.54) is 17.1 Å². The van der Waals surface area contributed by atoms with Crippen molar-refractivity contribution in [3.63, 3.8) is 0 Å². The van der Waals surface area contributed by atoms with Crippen LogP contribution >= 0.6 is 0 Å². The molecule has 10 nitrogen and oxygen atoms in total. The van der Waals surface area contributed by atoms with E-state index in [0.717, 1.165) is 5.69 Å². The number of aryl methyl sites for hydroxylation is 1. The first-order valence-corrected chi connectivity index (χ1v) is 10.5. The average molecular weight is 438 g/mol. The van der Waals surface area contributed by atoms with Gasteiger partial charge in [-0.15, -0.1) is 10.2 Å². The number of para-hydroxylation sites is 2. The van der Waals surface area contributed by atoms with E-state index in [1.54, 1.807) is 15.3 Å². The minimum Gasteiger partial charge on any atom is -0.291 e. The van der Waals surface area contributed by atoms with E-state index in [-0.39, 0.29) is 17.7 Å². The molecule has 4 heterocycles. The van der Waals surface area contributed by atoms with Gasteiger partial charge in [-0.1, -0.05) is 30.3 Å². The van der Waals surface area contributed by atoms with E-state index < -0.39 is 0 Å². The first-order valence-electron chi connectivity index (χ1n) is 10.5. The Morgan fingerprint density at radius 3 is 2.48 bits per heavy atom. The first kappa shape index (κ1) is 19.1. The Morgan fingerprint density at radius 1 is 0.879 bits per heavy atom. The van der Waals surface area contributed by atoms with Gasteiger partial charge in [-0.25, -0.2) is 9.67 Å². The molecule has 2 aromatic carbocycles. The molecule has 6 aromatic rings. The van der Waals surface area contributed by atoms with E-state index in [0.29, 0.717) is 40.1 Å². The van der Waals surface area contributed by atoms with Crippen LogP contribution in [0.25, 0.3) is 33.4 Å². The molecule has 10 heteroatoms. The van der Waals surface area contributed by atoms with Gasteiger partial charge in [0.2, 0.25) is 5.78 Å². The lowest BCUT2D eigenvalue weighted by atomic mass is 10.2. The third kappa shape index (κ3) is 2.80. The van der Waals surface area contributed by atoms with Gasteiger partial charge >= 0.3 is 0 Å². The Bertz CT molecular complexity index is 1780. The van der Waals surface area contributed by atoms with Gasteiger partial charge in [0.25, 0.3) is 11.1 Å². The SMILES string of the molecule is CCn1c(=O)c2ccccc2n2c(Cn3cnc4c(cnn4-c4ccccc4)c3=O)nnc12. The van der Waals surface area contributed by atoms with Crippen molar-refractivity contribution in [3.05, 3.63) is 93.7 Å². The zero-order valence-electron chi connectivity index (χ0n) is 17.7. The van der Waals surface area contributed by atoms with Crippen molar-refractivity contribution >= 4 is 27.7 Å². The molecule has 33 heavy (non-hydrogen) atoms. The van der Waals surface area contributed by atoms with Crippen molar-refractivity contribution in [1.29, 1.82) is 0 Å². The normalized spacial score (nSPS) is 11.7. The maximum absolute atomic E-state index is 13.2. The summed E-state index contributed by atoms with van der Waals surface area (Å²) < 4.78 is 6.52. The monoisotopic (exact) mass is 438 g/mol. The molecule has 0 amide bonds. The van der Waals surface area contributed by atoms with Gasteiger partial charge in [-0.2, -0.15) is 5.10 Å². The number of benzene rings is 2. The summed E-state index contributed by atoms with van der Waals surface area (Å²) in [6, 6.07) is 16.9. The van der Waals surface area contributed by atoms with Crippen molar-refractivity contribution < 1.29 is 0 Å². The number of fused-ring (bicyclic) bond motifs is 4. The van der Waals surface area contributed by atoms with Crippen molar-refractivity contribution in [2.24, 2.45) is 0 Å². The van der Waals surface area contributed by atoms with Crippen LogP contribution in [0.15, 0.2) is 76.7 Å². The summed E-state index contributed by atoms with van der Waals surface area (Å²) in [6.07, 6.45) is 3.02. The minimum absolute atomic E-state index is 0.117. The highest BCUT2D eigenvalue weighted by atomic mass is 16.1. The zero-order valence-corrected chi connectivity index (χ0v) is 17.7. The third-order valence-corrected chi connectivity index (χ3v) is 5.76. The van der Waals surface area contributed by atoms with Gasteiger partial charge in [0.1, 0.15) is 11.7 Å². The summed E-state index contributed by atoms with van der Waals surface area (Å²) in [5.74, 6) is 0.970. The maximum Gasteiger partial charge on any atom is 0.264 e. The molecule has 0 bridgehead atoms. The molecule has 0 radical (unpaired) electrons. The van der Waals surface area contributed by atoms with E-state index in [9.17, 15) is 9.59 Å². The fraction of sp³-hybridized carbons (Fsp3) is 0.130. The van der Waals surface area contributed by atoms with Crippen LogP contribution in [0.2, 0.25) is 0 Å². The van der Waals surface area contributed by atoms with Crippen LogP contribution in [0.5, 0.6) is 0 Å². The fourth-order valence-corrected chi connectivity index (χ4v) is 4.17. The van der Waals surface area contributed by atoms with Gasteiger partial charge in [0.05, 0.1) is 29.3 Å². The maximum atomic E-state index is 13.2. The Hall–Kier alpha value is -4.60. The molecule has 162 valence electrons. The lowest BCUT2D eigenvalue weighted by molar-refractivity contribution is 0.695. The third-order valence-electron chi connectivity index (χ3n) is 5.76. The molecule has 0 N–H and O–H groups in total. The average Bonchev–Trinajstić information content (AvgIpc) is 3.47. The highest BCUT2D eigenvalue weighted by Crippen LogP contribution is 2.16. The molecule has 0 saturated heterocycles. The molecule has 0 fully saturated rings. The molecule has 0 unspecified atom stereocenters. The number of hydrogen-bond donors (Lipinski definition) is 0. The smallest absolute Gasteiger partial charge is 0.264 e. The van der Waals surface area contributed by atoms with Crippen molar-refractivity contribution in [2.75, 3.05) is 0 Å². The van der Waals surface area contributed by atoms with E-state index in [1.807, 2.05) is 59.9 Å². The predicted octanol–water partition coefficient (Wildman–Crippen LogP) is 2.01. The Labute approximate surface area is 186 Å². The van der Waals surface area contributed by atoms with Crippen LogP contribution < -0.4 is 11.1 Å². The summed E-state index contributed by atoms with van der Waals surface area (Å²) in [5.41, 5.74) is 1.66. The van der Waals surface area contributed by atoms with E-state index in [4.69, 9.17) is 0 Å². The molecule has 0 atom stereocenters. The lowest BCUT2D eigenvalue weighted by Crippen LogP contribution is -2.24. The van der Waals surface area contributed by atoms with Gasteiger partial charge in [-0.05, 0) is 31.2 Å². The quantitative estimate of drug-likeness (QED) is 0.417. The first-order chi connectivity index (χ1) is 16.2. The molecule has 6 rings (SSSR count). The van der Waals surface area contributed by atoms with Crippen molar-refractivity contribution in [2.45, 2.75) is 20.0 Å². The summed E-state index contributed by atoms with van der Waals surface area (Å²) in [4.78, 5) is 30.6. The van der Waals surface area contributed by atoms with Gasteiger partial charge in [0.15, 0.2) is 11.5 Å². The van der Waals surface area contributed by atoms with Gasteiger partial charge in [-0.3, -0.25) is 23.1 Å². The van der Waals surface area contributed by atoms with Gasteiger partial charge < -0.3 is 0 Å². The Kier molecular flexibility index (Phi) is 4.19. The summed E-state index contributed by atoms with van der Waals surface area (Å²) in [7, 11) is 0. The van der Waals surface area contributed by atoms with Crippen molar-refractivity contribution in [1.82, 2.24) is 38.5 Å². The van der Waals surface area contributed by atoms with Crippen LogP contribution in [-0.2, 0) is 13.1 Å². The second kappa shape index (κ2) is 7.23. The summed E-state index contributed by atoms with van der Waals surface area (Å²) in [6.45, 7) is 2.49. The minimum atomic E-state index is -0.230. The Balaban J connectivity index is 1.52. The molecule has 0 aliphatic rings. The van der Waals surface area contributed by atoms with Crippen LogP contribution in [0.1, 0.15) is 12.7 Å². The molecule has 0 aliphatic heterocycles. The standard InChI is InChI=1S/C23H18N8O2/c1-2-29-22(33)16-10-6-7-11-18(16)30-19(26-27-23(29)30)13-28-14-24-20-17(21(28)32)12-25-31(20)15-8-4-3-5-9-15/h3-12,14H,2,13H2,1H3. The van der Waals surface area contributed by atoms with Crippen LogP contribution in [0.3, 0.4) is 0 Å². The predicted molar refractivity (Wildman–Crippen MR) is 123 cm³/mol. The number of rotatable bonds is 4. The topological polar surface area (TPSA) is 105 Å². The number of hydrogen-bond acceptors (Lipinski definition) is 6. The Morgan fingerprint density at radius 2 is 1.67 bits per heavy atom. The highest BCUT2D eigenvalue weighted by molar-refractivity contribution is 5.80. The lowest BCUT2D eigenvalue weighted by Gasteiger charge is -2.10.